The van der Waals surface area contributed by atoms with E-state index in [9.17, 15) is 10.4 Å². The highest BCUT2D eigenvalue weighted by Crippen LogP contribution is 2.23. The molecule has 0 aliphatic carbocycles. The van der Waals surface area contributed by atoms with Gasteiger partial charge in [0.2, 0.25) is 0 Å². The molecule has 1 saturated heterocycles. The third-order valence-electron chi connectivity index (χ3n) is 3.60. The Kier molecular flexibility index (Phi) is 4.32. The Morgan fingerprint density at radius 1 is 1.25 bits per heavy atom. The summed E-state index contributed by atoms with van der Waals surface area (Å²) in [5.41, 5.74) is 2.31. The third kappa shape index (κ3) is 3.72. The largest absolute Gasteiger partial charge is 0.389 e. The minimum Gasteiger partial charge on any atom is -0.389 e. The zero-order chi connectivity index (χ0) is 14.8. The van der Waals surface area contributed by atoms with Crippen molar-refractivity contribution >= 4 is 5.69 Å². The van der Waals surface area contributed by atoms with Crippen molar-refractivity contribution in [3.8, 4) is 6.07 Å². The molecule has 1 aromatic carbocycles. The number of nitrogens with zero attached hydrogens (tertiary/aromatic N) is 3. The first-order valence-electron chi connectivity index (χ1n) is 7.09. The number of nitriles is 1. The molecule has 2 rings (SSSR count). The van der Waals surface area contributed by atoms with Gasteiger partial charge in [-0.25, -0.2) is 0 Å². The van der Waals surface area contributed by atoms with Crippen molar-refractivity contribution in [2.24, 2.45) is 0 Å². The van der Waals surface area contributed by atoms with Crippen LogP contribution in [0.3, 0.4) is 0 Å². The van der Waals surface area contributed by atoms with Crippen LogP contribution in [-0.2, 0) is 0 Å². The minimum absolute atomic E-state index is 0.649. The number of rotatable bonds is 3. The SMILES string of the molecule is Cc1ccc(C#N)c(N2CCN(CC(C)(C)O)CC2)c1. The maximum atomic E-state index is 9.87. The van der Waals surface area contributed by atoms with Gasteiger partial charge in [0.15, 0.2) is 0 Å². The van der Waals surface area contributed by atoms with Gasteiger partial charge in [-0.15, -0.1) is 0 Å². The fourth-order valence-corrected chi connectivity index (χ4v) is 2.69. The summed E-state index contributed by atoms with van der Waals surface area (Å²) in [5, 5.41) is 19.1. The Morgan fingerprint density at radius 2 is 1.90 bits per heavy atom. The Hall–Kier alpha value is -1.57. The highest BCUT2D eigenvalue weighted by atomic mass is 16.3. The second-order valence-corrected chi connectivity index (χ2v) is 6.21. The van der Waals surface area contributed by atoms with Gasteiger partial charge in [-0.2, -0.15) is 5.26 Å². The van der Waals surface area contributed by atoms with Crippen LogP contribution in [0.25, 0.3) is 0 Å². The summed E-state index contributed by atoms with van der Waals surface area (Å²) in [7, 11) is 0. The van der Waals surface area contributed by atoms with E-state index in [4.69, 9.17) is 0 Å². The molecule has 0 aromatic heterocycles. The molecule has 1 heterocycles. The lowest BCUT2D eigenvalue weighted by Gasteiger charge is -2.38. The van der Waals surface area contributed by atoms with Crippen LogP contribution in [0.2, 0.25) is 0 Å². The Labute approximate surface area is 121 Å². The number of β-amino-alcohol motifs (C(OH)–C–C–N with tert-alkyl or cyclic N) is 1. The molecule has 1 aromatic rings. The molecule has 1 aliphatic rings. The van der Waals surface area contributed by atoms with E-state index in [1.165, 1.54) is 5.56 Å². The van der Waals surface area contributed by atoms with E-state index in [0.717, 1.165) is 37.4 Å². The Bertz CT molecular complexity index is 505. The van der Waals surface area contributed by atoms with E-state index in [2.05, 4.69) is 28.9 Å². The number of aryl methyl sites for hydroxylation is 1. The first-order valence-corrected chi connectivity index (χ1v) is 7.09. The molecular weight excluding hydrogens is 250 g/mol. The molecule has 0 unspecified atom stereocenters. The summed E-state index contributed by atoms with van der Waals surface area (Å²) >= 11 is 0. The molecule has 1 aliphatic heterocycles. The molecule has 1 N–H and O–H groups in total. The van der Waals surface area contributed by atoms with Gasteiger partial charge in [-0.3, -0.25) is 4.90 Å². The summed E-state index contributed by atoms with van der Waals surface area (Å²) in [6, 6.07) is 8.24. The van der Waals surface area contributed by atoms with Gasteiger partial charge in [-0.05, 0) is 38.5 Å². The Morgan fingerprint density at radius 3 is 2.45 bits per heavy atom. The van der Waals surface area contributed by atoms with Crippen LogP contribution in [0, 0.1) is 18.3 Å². The number of benzene rings is 1. The van der Waals surface area contributed by atoms with Gasteiger partial charge < -0.3 is 10.0 Å². The van der Waals surface area contributed by atoms with Gasteiger partial charge >= 0.3 is 0 Å². The smallest absolute Gasteiger partial charge is 0.101 e. The molecule has 0 radical (unpaired) electrons. The normalized spacial score (nSPS) is 17.1. The van der Waals surface area contributed by atoms with E-state index in [-0.39, 0.29) is 0 Å². The monoisotopic (exact) mass is 273 g/mol. The molecule has 20 heavy (non-hydrogen) atoms. The predicted octanol–water partition coefficient (Wildman–Crippen LogP) is 1.76. The van der Waals surface area contributed by atoms with Crippen molar-refractivity contribution in [2.75, 3.05) is 37.6 Å². The highest BCUT2D eigenvalue weighted by Gasteiger charge is 2.23. The van der Waals surface area contributed by atoms with E-state index in [0.29, 0.717) is 6.54 Å². The molecule has 4 nitrogen and oxygen atoms in total. The number of anilines is 1. The molecule has 108 valence electrons. The predicted molar refractivity (Wildman–Crippen MR) is 80.8 cm³/mol. The molecule has 0 spiro atoms. The zero-order valence-corrected chi connectivity index (χ0v) is 12.6. The van der Waals surface area contributed by atoms with Crippen LogP contribution in [0.1, 0.15) is 25.0 Å². The van der Waals surface area contributed by atoms with E-state index < -0.39 is 5.60 Å². The first-order chi connectivity index (χ1) is 9.39. The van der Waals surface area contributed by atoms with Crippen LogP contribution in [-0.4, -0.2) is 48.3 Å². The van der Waals surface area contributed by atoms with Crippen LogP contribution < -0.4 is 4.90 Å². The van der Waals surface area contributed by atoms with Crippen LogP contribution in [0.5, 0.6) is 0 Å². The summed E-state index contributed by atoms with van der Waals surface area (Å²) in [6.45, 7) is 10.1. The topological polar surface area (TPSA) is 50.5 Å². The van der Waals surface area contributed by atoms with Crippen molar-refractivity contribution in [1.82, 2.24) is 4.90 Å². The fourth-order valence-electron chi connectivity index (χ4n) is 2.69. The second-order valence-electron chi connectivity index (χ2n) is 6.21. The van der Waals surface area contributed by atoms with Gasteiger partial charge in [0.25, 0.3) is 0 Å². The summed E-state index contributed by atoms with van der Waals surface area (Å²) in [4.78, 5) is 4.55. The third-order valence-corrected chi connectivity index (χ3v) is 3.60. The van der Waals surface area contributed by atoms with E-state index in [1.54, 1.807) is 0 Å². The summed E-state index contributed by atoms with van der Waals surface area (Å²) < 4.78 is 0. The van der Waals surface area contributed by atoms with E-state index >= 15 is 0 Å². The van der Waals surface area contributed by atoms with Crippen LogP contribution >= 0.6 is 0 Å². The quantitative estimate of drug-likeness (QED) is 0.911. The van der Waals surface area contributed by atoms with Crippen molar-refractivity contribution in [1.29, 1.82) is 5.26 Å². The minimum atomic E-state index is -0.649. The molecule has 0 bridgehead atoms. The molecule has 1 fully saturated rings. The summed E-state index contributed by atoms with van der Waals surface area (Å²) in [6.07, 6.45) is 0. The fraction of sp³-hybridized carbons (Fsp3) is 0.562. The molecule has 0 saturated carbocycles. The lowest BCUT2D eigenvalue weighted by molar-refractivity contribution is 0.0345. The average Bonchev–Trinajstić information content (AvgIpc) is 2.38. The molecule has 0 amide bonds. The highest BCUT2D eigenvalue weighted by molar-refractivity contribution is 5.61. The number of hydrogen-bond donors (Lipinski definition) is 1. The lowest BCUT2D eigenvalue weighted by Crippen LogP contribution is -2.50. The van der Waals surface area contributed by atoms with Gasteiger partial charge in [0.1, 0.15) is 6.07 Å². The van der Waals surface area contributed by atoms with Crippen molar-refractivity contribution in [3.05, 3.63) is 29.3 Å². The van der Waals surface area contributed by atoms with Crippen molar-refractivity contribution in [2.45, 2.75) is 26.4 Å². The van der Waals surface area contributed by atoms with Gasteiger partial charge in [0.05, 0.1) is 16.9 Å². The van der Waals surface area contributed by atoms with Gasteiger partial charge in [-0.1, -0.05) is 6.07 Å². The van der Waals surface area contributed by atoms with Gasteiger partial charge in [0, 0.05) is 32.7 Å². The molecular formula is C16H23N3O. The van der Waals surface area contributed by atoms with Crippen molar-refractivity contribution < 1.29 is 5.11 Å². The maximum Gasteiger partial charge on any atom is 0.101 e. The Balaban J connectivity index is 2.04. The van der Waals surface area contributed by atoms with Crippen LogP contribution in [0.4, 0.5) is 5.69 Å². The first kappa shape index (κ1) is 14.8. The van der Waals surface area contributed by atoms with Crippen LogP contribution in [0.15, 0.2) is 18.2 Å². The average molecular weight is 273 g/mol. The maximum absolute atomic E-state index is 9.87. The number of aliphatic hydroxyl groups is 1. The number of piperazine rings is 1. The number of hydrogen-bond acceptors (Lipinski definition) is 4. The standard InChI is InChI=1S/C16H23N3O/c1-13-4-5-14(11-17)15(10-13)19-8-6-18(7-9-19)12-16(2,3)20/h4-5,10,20H,6-9,12H2,1-3H3. The van der Waals surface area contributed by atoms with Crippen molar-refractivity contribution in [3.63, 3.8) is 0 Å². The molecule has 4 heteroatoms. The lowest BCUT2D eigenvalue weighted by atomic mass is 10.1. The summed E-state index contributed by atoms with van der Waals surface area (Å²) in [5.74, 6) is 0. The zero-order valence-electron chi connectivity index (χ0n) is 12.6. The molecule has 0 atom stereocenters. The van der Waals surface area contributed by atoms with E-state index in [1.807, 2.05) is 26.0 Å². The second kappa shape index (κ2) is 5.82.